The number of nitrogens with one attached hydrogen (secondary N) is 3. The van der Waals surface area contributed by atoms with Crippen molar-refractivity contribution in [1.29, 1.82) is 0 Å². The Hall–Kier alpha value is -3.62. The molecular formula is C21H21FN4O4. The SMILES string of the molecule is COC(=O)C1(C(=O)Nc2ccc(C(=O)N3CCCC3)cc2F)Nc2ccccc2N1. The van der Waals surface area contributed by atoms with Gasteiger partial charge in [0.25, 0.3) is 17.5 Å². The number of methoxy groups -OCH3 is 1. The first-order valence-corrected chi connectivity index (χ1v) is 9.59. The predicted molar refractivity (Wildman–Crippen MR) is 109 cm³/mol. The minimum atomic E-state index is -1.95. The van der Waals surface area contributed by atoms with Crippen molar-refractivity contribution in [2.45, 2.75) is 18.5 Å². The van der Waals surface area contributed by atoms with Crippen molar-refractivity contribution in [1.82, 2.24) is 4.90 Å². The van der Waals surface area contributed by atoms with Gasteiger partial charge in [-0.15, -0.1) is 0 Å². The van der Waals surface area contributed by atoms with Crippen LogP contribution in [0.5, 0.6) is 0 Å². The number of para-hydroxylation sites is 2. The van der Waals surface area contributed by atoms with E-state index in [0.29, 0.717) is 24.5 Å². The number of carbonyl (C=O) groups is 3. The molecule has 1 saturated heterocycles. The molecule has 2 amide bonds. The zero-order valence-electron chi connectivity index (χ0n) is 16.3. The molecule has 0 saturated carbocycles. The Morgan fingerprint density at radius 3 is 2.27 bits per heavy atom. The lowest BCUT2D eigenvalue weighted by molar-refractivity contribution is -0.148. The third kappa shape index (κ3) is 3.32. The van der Waals surface area contributed by atoms with Gasteiger partial charge in [0, 0.05) is 18.7 Å². The molecule has 2 aromatic carbocycles. The molecular weight excluding hydrogens is 391 g/mol. The highest BCUT2D eigenvalue weighted by Crippen LogP contribution is 2.35. The number of ether oxygens (including phenoxy) is 1. The highest BCUT2D eigenvalue weighted by atomic mass is 19.1. The van der Waals surface area contributed by atoms with Gasteiger partial charge in [0.1, 0.15) is 5.82 Å². The summed E-state index contributed by atoms with van der Waals surface area (Å²) in [4.78, 5) is 39.6. The summed E-state index contributed by atoms with van der Waals surface area (Å²) in [5.74, 6) is -2.74. The van der Waals surface area contributed by atoms with Crippen LogP contribution in [0.3, 0.4) is 0 Å². The van der Waals surface area contributed by atoms with Gasteiger partial charge in [-0.1, -0.05) is 12.1 Å². The van der Waals surface area contributed by atoms with E-state index in [1.807, 2.05) is 0 Å². The molecule has 9 heteroatoms. The zero-order chi connectivity index (χ0) is 21.3. The van der Waals surface area contributed by atoms with Crippen LogP contribution in [0, 0.1) is 5.82 Å². The summed E-state index contributed by atoms with van der Waals surface area (Å²) in [6.07, 6.45) is 1.86. The molecule has 0 bridgehead atoms. The van der Waals surface area contributed by atoms with Crippen LogP contribution in [0.2, 0.25) is 0 Å². The van der Waals surface area contributed by atoms with Gasteiger partial charge in [-0.3, -0.25) is 9.59 Å². The van der Waals surface area contributed by atoms with Gasteiger partial charge in [-0.05, 0) is 43.2 Å². The molecule has 2 aliphatic heterocycles. The molecule has 1 fully saturated rings. The number of fused-ring (bicyclic) bond motifs is 1. The number of amides is 2. The molecule has 0 aromatic heterocycles. The highest BCUT2D eigenvalue weighted by Gasteiger charge is 2.52. The molecule has 2 heterocycles. The van der Waals surface area contributed by atoms with Gasteiger partial charge in [0.2, 0.25) is 0 Å². The topological polar surface area (TPSA) is 99.8 Å². The van der Waals surface area contributed by atoms with Crippen molar-refractivity contribution in [3.05, 3.63) is 53.8 Å². The van der Waals surface area contributed by atoms with E-state index in [0.717, 1.165) is 26.0 Å². The molecule has 2 aliphatic rings. The highest BCUT2D eigenvalue weighted by molar-refractivity contribution is 6.19. The van der Waals surface area contributed by atoms with Gasteiger partial charge in [0.05, 0.1) is 24.2 Å². The van der Waals surface area contributed by atoms with Gasteiger partial charge in [0.15, 0.2) is 0 Å². The van der Waals surface area contributed by atoms with Crippen LogP contribution in [-0.4, -0.2) is 48.5 Å². The fourth-order valence-electron chi connectivity index (χ4n) is 3.67. The first kappa shape index (κ1) is 19.7. The summed E-state index contributed by atoms with van der Waals surface area (Å²) in [6, 6.07) is 10.7. The second-order valence-corrected chi connectivity index (χ2v) is 7.19. The molecule has 0 radical (unpaired) electrons. The third-order valence-electron chi connectivity index (χ3n) is 5.26. The van der Waals surface area contributed by atoms with Crippen LogP contribution in [0.25, 0.3) is 0 Å². The van der Waals surface area contributed by atoms with Crippen LogP contribution in [-0.2, 0) is 14.3 Å². The Bertz CT molecular complexity index is 995. The normalized spacial score (nSPS) is 16.3. The summed E-state index contributed by atoms with van der Waals surface area (Å²) >= 11 is 0. The van der Waals surface area contributed by atoms with Crippen LogP contribution >= 0.6 is 0 Å². The Balaban J connectivity index is 1.56. The fourth-order valence-corrected chi connectivity index (χ4v) is 3.67. The maximum atomic E-state index is 14.7. The number of nitrogens with zero attached hydrogens (tertiary/aromatic N) is 1. The number of anilines is 3. The lowest BCUT2D eigenvalue weighted by Crippen LogP contribution is -2.59. The molecule has 4 rings (SSSR count). The average Bonchev–Trinajstić information content (AvgIpc) is 3.42. The van der Waals surface area contributed by atoms with E-state index in [1.54, 1.807) is 29.2 Å². The number of likely N-dealkylation sites (tertiary alicyclic amines) is 1. The summed E-state index contributed by atoms with van der Waals surface area (Å²) in [5.41, 5.74) is -0.829. The molecule has 0 unspecified atom stereocenters. The van der Waals surface area contributed by atoms with E-state index in [2.05, 4.69) is 16.0 Å². The molecule has 0 aliphatic carbocycles. The third-order valence-corrected chi connectivity index (χ3v) is 5.26. The average molecular weight is 412 g/mol. The predicted octanol–water partition coefficient (Wildman–Crippen LogP) is 2.41. The van der Waals surface area contributed by atoms with Crippen molar-refractivity contribution >= 4 is 34.8 Å². The minimum Gasteiger partial charge on any atom is -0.465 e. The molecule has 2 aromatic rings. The van der Waals surface area contributed by atoms with Crippen LogP contribution in [0.1, 0.15) is 23.2 Å². The number of carbonyl (C=O) groups excluding carboxylic acids is 3. The Morgan fingerprint density at radius 2 is 1.70 bits per heavy atom. The Morgan fingerprint density at radius 1 is 1.07 bits per heavy atom. The molecule has 0 spiro atoms. The van der Waals surface area contributed by atoms with E-state index in [-0.39, 0.29) is 17.2 Å². The Labute approximate surface area is 172 Å². The van der Waals surface area contributed by atoms with Crippen molar-refractivity contribution in [2.75, 3.05) is 36.1 Å². The van der Waals surface area contributed by atoms with Crippen LogP contribution < -0.4 is 16.0 Å². The quantitative estimate of drug-likeness (QED) is 0.527. The zero-order valence-corrected chi connectivity index (χ0v) is 16.3. The number of esters is 1. The van der Waals surface area contributed by atoms with Crippen LogP contribution in [0.15, 0.2) is 42.5 Å². The number of hydrogen-bond donors (Lipinski definition) is 3. The lowest BCUT2D eigenvalue weighted by atomic mass is 10.1. The smallest absolute Gasteiger partial charge is 0.362 e. The van der Waals surface area contributed by atoms with Crippen molar-refractivity contribution in [3.63, 3.8) is 0 Å². The second kappa shape index (κ2) is 7.66. The maximum absolute atomic E-state index is 14.7. The van der Waals surface area contributed by atoms with E-state index in [9.17, 15) is 18.8 Å². The number of halogens is 1. The Kier molecular flexibility index (Phi) is 5.03. The van der Waals surface area contributed by atoms with Gasteiger partial charge in [-0.2, -0.15) is 0 Å². The molecule has 0 atom stereocenters. The summed E-state index contributed by atoms with van der Waals surface area (Å²) in [5, 5.41) is 8.06. The van der Waals surface area contributed by atoms with E-state index < -0.39 is 23.4 Å². The monoisotopic (exact) mass is 412 g/mol. The van der Waals surface area contributed by atoms with Gasteiger partial charge < -0.3 is 25.6 Å². The maximum Gasteiger partial charge on any atom is 0.362 e. The van der Waals surface area contributed by atoms with Crippen LogP contribution in [0.4, 0.5) is 21.5 Å². The first-order valence-electron chi connectivity index (χ1n) is 9.59. The summed E-state index contributed by atoms with van der Waals surface area (Å²) in [7, 11) is 1.16. The number of benzene rings is 2. The van der Waals surface area contributed by atoms with Crippen molar-refractivity contribution < 1.29 is 23.5 Å². The minimum absolute atomic E-state index is 0.152. The van der Waals surface area contributed by atoms with Crippen molar-refractivity contribution in [3.8, 4) is 0 Å². The first-order chi connectivity index (χ1) is 14.4. The summed E-state index contributed by atoms with van der Waals surface area (Å²) in [6.45, 7) is 1.30. The lowest BCUT2D eigenvalue weighted by Gasteiger charge is -2.26. The summed E-state index contributed by atoms with van der Waals surface area (Å²) < 4.78 is 19.5. The molecule has 30 heavy (non-hydrogen) atoms. The number of rotatable bonds is 4. The molecule has 8 nitrogen and oxygen atoms in total. The van der Waals surface area contributed by atoms with Gasteiger partial charge in [-0.25, -0.2) is 9.18 Å². The van der Waals surface area contributed by atoms with E-state index in [1.165, 1.54) is 12.1 Å². The standard InChI is InChI=1S/C21H21FN4O4/c1-30-20(29)21(24-16-6-2-3-7-17(16)25-21)19(28)23-15-9-8-13(12-14(15)22)18(27)26-10-4-5-11-26/h2-3,6-9,12,24-25H,4-5,10-11H2,1H3,(H,23,28). The number of hydrogen-bond acceptors (Lipinski definition) is 6. The molecule has 156 valence electrons. The molecule has 3 N–H and O–H groups in total. The fraction of sp³-hybridized carbons (Fsp3) is 0.286. The second-order valence-electron chi connectivity index (χ2n) is 7.19. The van der Waals surface area contributed by atoms with Crippen molar-refractivity contribution in [2.24, 2.45) is 0 Å². The van der Waals surface area contributed by atoms with E-state index >= 15 is 0 Å². The largest absolute Gasteiger partial charge is 0.465 e. The van der Waals surface area contributed by atoms with E-state index in [4.69, 9.17) is 4.74 Å². The van der Waals surface area contributed by atoms with Gasteiger partial charge >= 0.3 is 5.97 Å².